The standard InChI is InChI=1S/C18H20F3N3O2/c1-12-3-2-4-14(9-12)26-11-17(25)22-7-8-24-15(13-5-6-13)10-16(23-24)18(19,20)21/h2-4,9-10,13H,5-8,11H2,1H3,(H,22,25). The SMILES string of the molecule is Cc1cccc(OCC(=O)NCCn2nc(C(F)(F)F)cc2C2CC2)c1. The quantitative estimate of drug-likeness (QED) is 0.817. The Hall–Kier alpha value is -2.51. The van der Waals surface area contributed by atoms with Gasteiger partial charge < -0.3 is 10.1 Å². The smallest absolute Gasteiger partial charge is 0.435 e. The van der Waals surface area contributed by atoms with Crippen molar-refractivity contribution in [2.24, 2.45) is 0 Å². The van der Waals surface area contributed by atoms with Crippen LogP contribution in [0.5, 0.6) is 5.75 Å². The number of nitrogens with zero attached hydrogens (tertiary/aromatic N) is 2. The molecule has 0 bridgehead atoms. The third-order valence-corrected chi connectivity index (χ3v) is 4.10. The lowest BCUT2D eigenvalue weighted by Crippen LogP contribution is -2.32. The van der Waals surface area contributed by atoms with E-state index in [0.717, 1.165) is 24.5 Å². The van der Waals surface area contributed by atoms with E-state index < -0.39 is 11.9 Å². The minimum Gasteiger partial charge on any atom is -0.484 e. The van der Waals surface area contributed by atoms with Gasteiger partial charge in [-0.1, -0.05) is 12.1 Å². The number of benzene rings is 1. The zero-order valence-corrected chi connectivity index (χ0v) is 14.3. The Kier molecular flexibility index (Phi) is 5.20. The van der Waals surface area contributed by atoms with Crippen molar-refractivity contribution >= 4 is 5.91 Å². The molecule has 0 spiro atoms. The van der Waals surface area contributed by atoms with Gasteiger partial charge in [-0.15, -0.1) is 0 Å². The van der Waals surface area contributed by atoms with Crippen LogP contribution in [-0.4, -0.2) is 28.8 Å². The molecule has 3 rings (SSSR count). The van der Waals surface area contributed by atoms with Crippen LogP contribution in [0.25, 0.3) is 0 Å². The van der Waals surface area contributed by atoms with E-state index >= 15 is 0 Å². The molecular weight excluding hydrogens is 347 g/mol. The molecule has 0 atom stereocenters. The molecule has 0 unspecified atom stereocenters. The molecule has 1 amide bonds. The first kappa shape index (κ1) is 18.3. The number of ether oxygens (including phenoxy) is 1. The predicted octanol–water partition coefficient (Wildman–Crippen LogP) is 3.28. The Bertz CT molecular complexity index is 782. The summed E-state index contributed by atoms with van der Waals surface area (Å²) in [4.78, 5) is 11.8. The van der Waals surface area contributed by atoms with Crippen LogP contribution in [0.1, 0.15) is 35.7 Å². The van der Waals surface area contributed by atoms with Crippen LogP contribution >= 0.6 is 0 Å². The van der Waals surface area contributed by atoms with Crippen LogP contribution in [0.3, 0.4) is 0 Å². The van der Waals surface area contributed by atoms with Crippen molar-refractivity contribution in [3.05, 3.63) is 47.3 Å². The summed E-state index contributed by atoms with van der Waals surface area (Å²) in [6, 6.07) is 8.43. The summed E-state index contributed by atoms with van der Waals surface area (Å²) in [7, 11) is 0. The molecule has 140 valence electrons. The summed E-state index contributed by atoms with van der Waals surface area (Å²) < 4.78 is 45.3. The molecule has 1 aliphatic carbocycles. The van der Waals surface area contributed by atoms with E-state index in [-0.39, 0.29) is 31.5 Å². The van der Waals surface area contributed by atoms with Crippen LogP contribution in [0, 0.1) is 6.92 Å². The fourth-order valence-corrected chi connectivity index (χ4v) is 2.66. The van der Waals surface area contributed by atoms with E-state index in [0.29, 0.717) is 11.4 Å². The monoisotopic (exact) mass is 367 g/mol. The van der Waals surface area contributed by atoms with Crippen molar-refractivity contribution in [2.75, 3.05) is 13.2 Å². The van der Waals surface area contributed by atoms with Crippen molar-refractivity contribution in [2.45, 2.75) is 38.4 Å². The minimum absolute atomic E-state index is 0.138. The number of amides is 1. The predicted molar refractivity (Wildman–Crippen MR) is 88.9 cm³/mol. The number of nitrogens with one attached hydrogen (secondary N) is 1. The first-order valence-electron chi connectivity index (χ1n) is 8.44. The molecule has 1 fully saturated rings. The summed E-state index contributed by atoms with van der Waals surface area (Å²) in [5, 5.41) is 6.30. The molecule has 0 saturated heterocycles. The molecule has 1 aromatic carbocycles. The number of hydrogen-bond donors (Lipinski definition) is 1. The molecule has 1 N–H and O–H groups in total. The maximum atomic E-state index is 12.8. The largest absolute Gasteiger partial charge is 0.484 e. The molecule has 5 nitrogen and oxygen atoms in total. The van der Waals surface area contributed by atoms with Gasteiger partial charge in [-0.2, -0.15) is 18.3 Å². The minimum atomic E-state index is -4.46. The molecule has 1 aliphatic rings. The summed E-state index contributed by atoms with van der Waals surface area (Å²) in [5.41, 5.74) is 0.728. The van der Waals surface area contributed by atoms with E-state index in [9.17, 15) is 18.0 Å². The van der Waals surface area contributed by atoms with Gasteiger partial charge in [-0.05, 0) is 43.5 Å². The topological polar surface area (TPSA) is 56.1 Å². The van der Waals surface area contributed by atoms with Crippen LogP contribution in [0.2, 0.25) is 0 Å². The molecule has 26 heavy (non-hydrogen) atoms. The number of hydrogen-bond acceptors (Lipinski definition) is 3. The van der Waals surface area contributed by atoms with Crippen molar-refractivity contribution in [3.8, 4) is 5.75 Å². The third kappa shape index (κ3) is 4.77. The number of halogens is 3. The Labute approximate surface area is 149 Å². The third-order valence-electron chi connectivity index (χ3n) is 4.10. The van der Waals surface area contributed by atoms with E-state index in [2.05, 4.69) is 10.4 Å². The lowest BCUT2D eigenvalue weighted by molar-refractivity contribution is -0.141. The van der Waals surface area contributed by atoms with Crippen molar-refractivity contribution in [3.63, 3.8) is 0 Å². The highest BCUT2D eigenvalue weighted by Crippen LogP contribution is 2.42. The Morgan fingerprint density at radius 3 is 2.77 bits per heavy atom. The highest BCUT2D eigenvalue weighted by molar-refractivity contribution is 5.77. The fourth-order valence-electron chi connectivity index (χ4n) is 2.66. The van der Waals surface area contributed by atoms with Gasteiger partial charge in [-0.25, -0.2) is 0 Å². The highest BCUT2D eigenvalue weighted by atomic mass is 19.4. The molecule has 8 heteroatoms. The second kappa shape index (κ2) is 7.39. The Morgan fingerprint density at radius 2 is 2.12 bits per heavy atom. The van der Waals surface area contributed by atoms with Crippen LogP contribution < -0.4 is 10.1 Å². The number of alkyl halides is 3. The van der Waals surface area contributed by atoms with Gasteiger partial charge in [0.1, 0.15) is 5.75 Å². The molecular formula is C18H20F3N3O2. The first-order chi connectivity index (χ1) is 12.3. The van der Waals surface area contributed by atoms with Gasteiger partial charge in [-0.3, -0.25) is 9.48 Å². The lowest BCUT2D eigenvalue weighted by atomic mass is 10.2. The summed E-state index contributed by atoms with van der Waals surface area (Å²) in [6.07, 6.45) is -2.71. The van der Waals surface area contributed by atoms with E-state index in [1.54, 1.807) is 6.07 Å². The average molecular weight is 367 g/mol. The van der Waals surface area contributed by atoms with Crippen molar-refractivity contribution in [1.29, 1.82) is 0 Å². The maximum absolute atomic E-state index is 12.8. The fraction of sp³-hybridized carbons (Fsp3) is 0.444. The van der Waals surface area contributed by atoms with Gasteiger partial charge in [0.25, 0.3) is 5.91 Å². The second-order valence-corrected chi connectivity index (χ2v) is 6.40. The lowest BCUT2D eigenvalue weighted by Gasteiger charge is -2.10. The first-order valence-corrected chi connectivity index (χ1v) is 8.44. The molecule has 0 aliphatic heterocycles. The Morgan fingerprint density at radius 1 is 1.35 bits per heavy atom. The molecule has 1 heterocycles. The molecule has 0 radical (unpaired) electrons. The number of carbonyl (C=O) groups excluding carboxylic acids is 1. The van der Waals surface area contributed by atoms with Crippen molar-refractivity contribution in [1.82, 2.24) is 15.1 Å². The summed E-state index contributed by atoms with van der Waals surface area (Å²) >= 11 is 0. The van der Waals surface area contributed by atoms with Gasteiger partial charge in [0.05, 0.1) is 6.54 Å². The zero-order chi connectivity index (χ0) is 18.7. The molecule has 2 aromatic rings. The number of rotatable bonds is 7. The molecule has 1 aromatic heterocycles. The van der Waals surface area contributed by atoms with E-state index in [1.165, 1.54) is 4.68 Å². The van der Waals surface area contributed by atoms with Gasteiger partial charge in [0.15, 0.2) is 12.3 Å². The second-order valence-electron chi connectivity index (χ2n) is 6.40. The normalized spacial score (nSPS) is 14.3. The van der Waals surface area contributed by atoms with Crippen LogP contribution in [-0.2, 0) is 17.5 Å². The zero-order valence-electron chi connectivity index (χ0n) is 14.3. The van der Waals surface area contributed by atoms with Gasteiger partial charge in [0, 0.05) is 18.2 Å². The van der Waals surface area contributed by atoms with E-state index in [1.807, 2.05) is 25.1 Å². The van der Waals surface area contributed by atoms with Gasteiger partial charge in [0.2, 0.25) is 0 Å². The highest BCUT2D eigenvalue weighted by Gasteiger charge is 2.37. The average Bonchev–Trinajstić information content (AvgIpc) is 3.32. The maximum Gasteiger partial charge on any atom is 0.435 e. The van der Waals surface area contributed by atoms with E-state index in [4.69, 9.17) is 4.74 Å². The number of aromatic nitrogens is 2. The number of aryl methyl sites for hydroxylation is 1. The summed E-state index contributed by atoms with van der Waals surface area (Å²) in [5.74, 6) is 0.402. The van der Waals surface area contributed by atoms with Crippen molar-refractivity contribution < 1.29 is 22.7 Å². The van der Waals surface area contributed by atoms with Crippen LogP contribution in [0.15, 0.2) is 30.3 Å². The van der Waals surface area contributed by atoms with Gasteiger partial charge >= 0.3 is 6.18 Å². The Balaban J connectivity index is 1.50. The summed E-state index contributed by atoms with van der Waals surface area (Å²) in [6.45, 7) is 2.16. The molecule has 1 saturated carbocycles. The van der Waals surface area contributed by atoms with Crippen LogP contribution in [0.4, 0.5) is 13.2 Å². The number of carbonyl (C=O) groups is 1.